The zero-order valence-electron chi connectivity index (χ0n) is 8.22. The molecule has 1 aromatic rings. The van der Waals surface area contributed by atoms with Crippen LogP contribution in [-0.4, -0.2) is 13.7 Å². The van der Waals surface area contributed by atoms with Gasteiger partial charge in [0.2, 0.25) is 0 Å². The molecule has 2 N–H and O–H groups in total. The maximum atomic E-state index is 5.80. The largest absolute Gasteiger partial charge is 0.497 e. The van der Waals surface area contributed by atoms with Crippen molar-refractivity contribution < 1.29 is 4.74 Å². The highest BCUT2D eigenvalue weighted by Gasteiger charge is 2.44. The van der Waals surface area contributed by atoms with Gasteiger partial charge in [-0.15, -0.1) is 0 Å². The molecule has 0 bridgehead atoms. The number of rotatable bonds is 3. The van der Waals surface area contributed by atoms with E-state index < -0.39 is 0 Å². The minimum Gasteiger partial charge on any atom is -0.497 e. The van der Waals surface area contributed by atoms with E-state index in [2.05, 4.69) is 22.0 Å². The lowest BCUT2D eigenvalue weighted by Gasteiger charge is -2.15. The first kappa shape index (κ1) is 9.99. The Morgan fingerprint density at radius 2 is 2.21 bits per heavy atom. The molecule has 0 radical (unpaired) electrons. The van der Waals surface area contributed by atoms with E-state index in [0.717, 1.165) is 16.8 Å². The molecule has 0 aliphatic heterocycles. The Hall–Kier alpha value is -0.540. The van der Waals surface area contributed by atoms with Crippen LogP contribution < -0.4 is 10.5 Å². The minimum atomic E-state index is 0.216. The van der Waals surface area contributed by atoms with Gasteiger partial charge in [0.25, 0.3) is 0 Å². The molecule has 76 valence electrons. The molecule has 1 saturated carbocycles. The van der Waals surface area contributed by atoms with E-state index in [-0.39, 0.29) is 5.41 Å². The van der Waals surface area contributed by atoms with Gasteiger partial charge in [-0.05, 0) is 36.6 Å². The third-order valence-corrected chi connectivity index (χ3v) is 3.68. The average Bonchev–Trinajstić information content (AvgIpc) is 2.99. The fourth-order valence-electron chi connectivity index (χ4n) is 1.77. The Morgan fingerprint density at radius 3 is 2.71 bits per heavy atom. The highest BCUT2D eigenvalue weighted by molar-refractivity contribution is 9.10. The molecular formula is C11H14BrNO. The van der Waals surface area contributed by atoms with Crippen LogP contribution in [0.5, 0.6) is 5.75 Å². The van der Waals surface area contributed by atoms with Gasteiger partial charge in [-0.25, -0.2) is 0 Å². The fourth-order valence-corrected chi connectivity index (χ4v) is 2.44. The Kier molecular flexibility index (Phi) is 2.54. The molecule has 1 aliphatic carbocycles. The zero-order chi connectivity index (χ0) is 10.2. The molecule has 0 atom stereocenters. The molecule has 1 aromatic carbocycles. The molecule has 1 aliphatic rings. The Bertz CT molecular complexity index is 347. The lowest BCUT2D eigenvalue weighted by atomic mass is 9.96. The van der Waals surface area contributed by atoms with Gasteiger partial charge in [-0.2, -0.15) is 0 Å². The minimum absolute atomic E-state index is 0.216. The summed E-state index contributed by atoms with van der Waals surface area (Å²) in [6.07, 6.45) is 2.38. The molecule has 2 rings (SSSR count). The van der Waals surface area contributed by atoms with Crippen LogP contribution in [0.1, 0.15) is 18.4 Å². The summed E-state index contributed by atoms with van der Waals surface area (Å²) >= 11 is 3.57. The summed E-state index contributed by atoms with van der Waals surface area (Å²) in [5.41, 5.74) is 7.31. The van der Waals surface area contributed by atoms with Crippen molar-refractivity contribution in [3.05, 3.63) is 28.2 Å². The van der Waals surface area contributed by atoms with E-state index >= 15 is 0 Å². The highest BCUT2D eigenvalue weighted by atomic mass is 79.9. The molecule has 1 fully saturated rings. The Morgan fingerprint density at radius 1 is 1.50 bits per heavy atom. The van der Waals surface area contributed by atoms with Crippen LogP contribution in [0.15, 0.2) is 22.7 Å². The summed E-state index contributed by atoms with van der Waals surface area (Å²) < 4.78 is 6.36. The lowest BCUT2D eigenvalue weighted by molar-refractivity contribution is 0.413. The predicted octanol–water partition coefficient (Wildman–Crippen LogP) is 2.45. The topological polar surface area (TPSA) is 35.2 Å². The lowest BCUT2D eigenvalue weighted by Crippen LogP contribution is -2.20. The number of hydrogen-bond donors (Lipinski definition) is 1. The van der Waals surface area contributed by atoms with E-state index in [9.17, 15) is 0 Å². The van der Waals surface area contributed by atoms with Gasteiger partial charge >= 0.3 is 0 Å². The van der Waals surface area contributed by atoms with Crippen molar-refractivity contribution in [3.63, 3.8) is 0 Å². The van der Waals surface area contributed by atoms with Gasteiger partial charge in [-0.1, -0.05) is 15.9 Å². The second-order valence-corrected chi connectivity index (χ2v) is 4.68. The van der Waals surface area contributed by atoms with Gasteiger partial charge in [-0.3, -0.25) is 0 Å². The molecule has 0 spiro atoms. The van der Waals surface area contributed by atoms with Crippen LogP contribution in [0, 0.1) is 0 Å². The molecule has 0 amide bonds. The van der Waals surface area contributed by atoms with Gasteiger partial charge < -0.3 is 10.5 Å². The standard InChI is InChI=1S/C11H14BrNO/c1-14-8-2-3-10(12)9(6-8)11(7-13)4-5-11/h2-3,6H,4-5,7,13H2,1H3. The third-order valence-electron chi connectivity index (χ3n) is 2.99. The van der Waals surface area contributed by atoms with Crippen molar-refractivity contribution >= 4 is 15.9 Å². The third kappa shape index (κ3) is 1.55. The highest BCUT2D eigenvalue weighted by Crippen LogP contribution is 2.50. The SMILES string of the molecule is COc1ccc(Br)c(C2(CN)CC2)c1. The number of benzene rings is 1. The van der Waals surface area contributed by atoms with E-state index in [1.165, 1.54) is 18.4 Å². The van der Waals surface area contributed by atoms with E-state index in [4.69, 9.17) is 10.5 Å². The zero-order valence-corrected chi connectivity index (χ0v) is 9.80. The van der Waals surface area contributed by atoms with Crippen LogP contribution in [0.2, 0.25) is 0 Å². The number of nitrogens with two attached hydrogens (primary N) is 1. The van der Waals surface area contributed by atoms with E-state index in [1.807, 2.05) is 12.1 Å². The first-order valence-electron chi connectivity index (χ1n) is 4.76. The molecule has 14 heavy (non-hydrogen) atoms. The fraction of sp³-hybridized carbons (Fsp3) is 0.455. The molecule has 0 saturated heterocycles. The van der Waals surface area contributed by atoms with Crippen molar-refractivity contribution in [2.45, 2.75) is 18.3 Å². The van der Waals surface area contributed by atoms with Gasteiger partial charge in [0, 0.05) is 16.4 Å². The van der Waals surface area contributed by atoms with E-state index in [0.29, 0.717) is 0 Å². The number of hydrogen-bond acceptors (Lipinski definition) is 2. The summed E-state index contributed by atoms with van der Waals surface area (Å²) in [7, 11) is 1.69. The first-order chi connectivity index (χ1) is 6.72. The summed E-state index contributed by atoms with van der Waals surface area (Å²) in [4.78, 5) is 0. The van der Waals surface area contributed by atoms with Crippen LogP contribution in [0.3, 0.4) is 0 Å². The van der Waals surface area contributed by atoms with Gasteiger partial charge in [0.05, 0.1) is 7.11 Å². The number of methoxy groups -OCH3 is 1. The molecule has 3 heteroatoms. The second-order valence-electron chi connectivity index (χ2n) is 3.83. The quantitative estimate of drug-likeness (QED) is 0.901. The maximum Gasteiger partial charge on any atom is 0.119 e. The van der Waals surface area contributed by atoms with Crippen molar-refractivity contribution in [2.75, 3.05) is 13.7 Å². The maximum absolute atomic E-state index is 5.80. The van der Waals surface area contributed by atoms with Crippen LogP contribution >= 0.6 is 15.9 Å². The van der Waals surface area contributed by atoms with Crippen LogP contribution in [0.25, 0.3) is 0 Å². The first-order valence-corrected chi connectivity index (χ1v) is 5.55. The van der Waals surface area contributed by atoms with Crippen molar-refractivity contribution in [3.8, 4) is 5.75 Å². The Balaban J connectivity index is 2.41. The Labute approximate surface area is 92.6 Å². The van der Waals surface area contributed by atoms with E-state index in [1.54, 1.807) is 7.11 Å². The average molecular weight is 256 g/mol. The summed E-state index contributed by atoms with van der Waals surface area (Å²) in [5, 5.41) is 0. The number of ether oxygens (including phenoxy) is 1. The van der Waals surface area contributed by atoms with Crippen molar-refractivity contribution in [1.29, 1.82) is 0 Å². The summed E-state index contributed by atoms with van der Waals surface area (Å²) in [5.74, 6) is 0.905. The summed E-state index contributed by atoms with van der Waals surface area (Å²) in [6.45, 7) is 0.721. The van der Waals surface area contributed by atoms with Crippen molar-refractivity contribution in [1.82, 2.24) is 0 Å². The molecule has 2 nitrogen and oxygen atoms in total. The molecule has 0 heterocycles. The monoisotopic (exact) mass is 255 g/mol. The van der Waals surface area contributed by atoms with Crippen LogP contribution in [0.4, 0.5) is 0 Å². The summed E-state index contributed by atoms with van der Waals surface area (Å²) in [6, 6.07) is 6.08. The van der Waals surface area contributed by atoms with Crippen LogP contribution in [-0.2, 0) is 5.41 Å². The smallest absolute Gasteiger partial charge is 0.119 e. The predicted molar refractivity (Wildman–Crippen MR) is 60.7 cm³/mol. The van der Waals surface area contributed by atoms with Gasteiger partial charge in [0.15, 0.2) is 0 Å². The normalized spacial score (nSPS) is 17.9. The number of halogens is 1. The second kappa shape index (κ2) is 3.55. The van der Waals surface area contributed by atoms with Crippen molar-refractivity contribution in [2.24, 2.45) is 5.73 Å². The molecule has 0 aromatic heterocycles. The molecule has 0 unspecified atom stereocenters. The molecular weight excluding hydrogens is 242 g/mol. The van der Waals surface area contributed by atoms with Gasteiger partial charge in [0.1, 0.15) is 5.75 Å².